The summed E-state index contributed by atoms with van der Waals surface area (Å²) in [6.07, 6.45) is 0. The Morgan fingerprint density at radius 2 is 1.14 bits per heavy atom. The molecule has 0 saturated carbocycles. The van der Waals surface area contributed by atoms with Crippen molar-refractivity contribution in [2.75, 3.05) is 0 Å². The van der Waals surface area contributed by atoms with Gasteiger partial charge in [0.05, 0.1) is 9.79 Å². The predicted molar refractivity (Wildman–Crippen MR) is 101 cm³/mol. The Hall–Kier alpha value is -1.94. The average molecular weight is 443 g/mol. The normalized spacial score (nSPS) is 13.7. The van der Waals surface area contributed by atoms with Crippen molar-refractivity contribution < 1.29 is 26.1 Å². The summed E-state index contributed by atoms with van der Waals surface area (Å²) >= 11 is 1.89. The molecule has 28 heavy (non-hydrogen) atoms. The van der Waals surface area contributed by atoms with Gasteiger partial charge in [0, 0.05) is 0 Å². The Kier molecular flexibility index (Phi) is 6.09. The summed E-state index contributed by atoms with van der Waals surface area (Å²) in [5, 5.41) is 0. The number of fused-ring (bicyclic) bond motifs is 2. The van der Waals surface area contributed by atoms with Crippen LogP contribution in [0.1, 0.15) is 0 Å². The van der Waals surface area contributed by atoms with Gasteiger partial charge in [-0.3, -0.25) is 0 Å². The van der Waals surface area contributed by atoms with Crippen molar-refractivity contribution in [3.63, 3.8) is 0 Å². The third kappa shape index (κ3) is 4.54. The van der Waals surface area contributed by atoms with Crippen molar-refractivity contribution >= 4 is 32.8 Å². The highest BCUT2D eigenvalue weighted by Crippen LogP contribution is 2.47. The molecule has 0 atom stereocenters. The molecule has 146 valence electrons. The minimum absolute atomic E-state index is 0.0212. The van der Waals surface area contributed by atoms with E-state index in [-0.39, 0.29) is 10.9 Å². The number of halogens is 3. The van der Waals surface area contributed by atoms with Gasteiger partial charge in [-0.05, 0) is 36.4 Å². The summed E-state index contributed by atoms with van der Waals surface area (Å²) in [6.45, 7) is 0. The van der Waals surface area contributed by atoms with Crippen LogP contribution in [0.25, 0.3) is 0 Å². The van der Waals surface area contributed by atoms with E-state index in [4.69, 9.17) is 13.0 Å². The van der Waals surface area contributed by atoms with Crippen LogP contribution in [0, 0.1) is 0 Å². The first kappa shape index (κ1) is 20.8. The van der Waals surface area contributed by atoms with Gasteiger partial charge in [-0.2, -0.15) is 13.2 Å². The van der Waals surface area contributed by atoms with Gasteiger partial charge in [0.1, 0.15) is 10.9 Å². The van der Waals surface area contributed by atoms with Crippen molar-refractivity contribution in [3.8, 4) is 0 Å². The van der Waals surface area contributed by atoms with Crippen LogP contribution >= 0.6 is 11.8 Å². The SMILES string of the molecule is O=S(=O)([O-])C(F)(F)F.c1ccc([S+]2c3ccccc3Sc3ccccc32)cc1. The van der Waals surface area contributed by atoms with Crippen molar-refractivity contribution in [2.45, 2.75) is 30.0 Å². The van der Waals surface area contributed by atoms with E-state index in [0.29, 0.717) is 0 Å². The summed E-state index contributed by atoms with van der Waals surface area (Å²) < 4.78 is 58.9. The van der Waals surface area contributed by atoms with Crippen molar-refractivity contribution in [3.05, 3.63) is 78.9 Å². The molecule has 1 aliphatic rings. The van der Waals surface area contributed by atoms with Crippen molar-refractivity contribution in [2.24, 2.45) is 0 Å². The fourth-order valence-electron chi connectivity index (χ4n) is 2.45. The third-order valence-electron chi connectivity index (χ3n) is 3.62. The van der Waals surface area contributed by atoms with Gasteiger partial charge in [-0.1, -0.05) is 54.2 Å². The monoisotopic (exact) mass is 442 g/mol. The molecule has 0 amide bonds. The molecule has 0 N–H and O–H groups in total. The molecule has 1 aliphatic heterocycles. The van der Waals surface area contributed by atoms with Gasteiger partial charge in [0.15, 0.2) is 24.8 Å². The van der Waals surface area contributed by atoms with Crippen LogP contribution < -0.4 is 0 Å². The van der Waals surface area contributed by atoms with E-state index in [1.165, 1.54) is 24.5 Å². The van der Waals surface area contributed by atoms with Gasteiger partial charge in [-0.15, -0.1) is 0 Å². The first-order valence-corrected chi connectivity index (χ1v) is 11.3. The van der Waals surface area contributed by atoms with Crippen LogP contribution in [-0.4, -0.2) is 18.5 Å². The number of rotatable bonds is 1. The quantitative estimate of drug-likeness (QED) is 0.228. The highest BCUT2D eigenvalue weighted by atomic mass is 32.2. The summed E-state index contributed by atoms with van der Waals surface area (Å²) in [5.74, 6) is 0. The zero-order valence-electron chi connectivity index (χ0n) is 14.1. The number of hydrogen-bond acceptors (Lipinski definition) is 4. The number of hydrogen-bond donors (Lipinski definition) is 0. The molecule has 0 unspecified atom stereocenters. The minimum atomic E-state index is -6.09. The standard InChI is InChI=1S/C18H13S2.CHF3O3S/c1-2-8-14(9-3-1)20-17-12-6-4-10-15(17)19-16-11-5-7-13-18(16)20;2-1(3,4)8(5,6)7/h1-13H;(H,5,6,7)/q+1;/p-1. The van der Waals surface area contributed by atoms with Crippen LogP contribution in [0.2, 0.25) is 0 Å². The summed E-state index contributed by atoms with van der Waals surface area (Å²) in [4.78, 5) is 7.06. The molecular formula is C19H13F3O3S3. The lowest BCUT2D eigenvalue weighted by molar-refractivity contribution is -0.0517. The molecular weight excluding hydrogens is 429 g/mol. The van der Waals surface area contributed by atoms with Gasteiger partial charge in [0.2, 0.25) is 0 Å². The van der Waals surface area contributed by atoms with Crippen LogP contribution in [-0.2, 0) is 21.0 Å². The second kappa shape index (κ2) is 8.20. The maximum absolute atomic E-state index is 10.7. The van der Waals surface area contributed by atoms with Gasteiger partial charge in [0.25, 0.3) is 0 Å². The third-order valence-corrected chi connectivity index (χ3v) is 7.93. The van der Waals surface area contributed by atoms with Crippen molar-refractivity contribution in [1.82, 2.24) is 0 Å². The van der Waals surface area contributed by atoms with E-state index in [2.05, 4.69) is 78.9 Å². The molecule has 0 spiro atoms. The lowest BCUT2D eigenvalue weighted by atomic mass is 10.3. The Morgan fingerprint density at radius 1 is 0.750 bits per heavy atom. The molecule has 0 fully saturated rings. The number of benzene rings is 3. The Morgan fingerprint density at radius 3 is 1.57 bits per heavy atom. The molecule has 3 nitrogen and oxygen atoms in total. The summed E-state index contributed by atoms with van der Waals surface area (Å²) in [7, 11) is -6.07. The fraction of sp³-hybridized carbons (Fsp3) is 0.0526. The topological polar surface area (TPSA) is 57.2 Å². The molecule has 0 radical (unpaired) electrons. The second-order valence-electron chi connectivity index (χ2n) is 5.51. The predicted octanol–water partition coefficient (Wildman–Crippen LogP) is 5.30. The minimum Gasteiger partial charge on any atom is -0.741 e. The maximum atomic E-state index is 10.7. The maximum Gasteiger partial charge on any atom is 0.485 e. The molecule has 4 rings (SSSR count). The molecule has 0 bridgehead atoms. The molecule has 9 heteroatoms. The molecule has 3 aromatic carbocycles. The zero-order valence-corrected chi connectivity index (χ0v) is 16.5. The van der Waals surface area contributed by atoms with Gasteiger partial charge in [-0.25, -0.2) is 8.42 Å². The highest BCUT2D eigenvalue weighted by Gasteiger charge is 2.38. The van der Waals surface area contributed by atoms with E-state index in [1.807, 2.05) is 11.8 Å². The smallest absolute Gasteiger partial charge is 0.485 e. The van der Waals surface area contributed by atoms with Crippen LogP contribution in [0.15, 0.2) is 103 Å². The molecule has 3 aromatic rings. The summed E-state index contributed by atoms with van der Waals surface area (Å²) in [5.41, 5.74) is -5.65. The van der Waals surface area contributed by atoms with Gasteiger partial charge >= 0.3 is 5.51 Å². The lowest BCUT2D eigenvalue weighted by Gasteiger charge is -2.18. The summed E-state index contributed by atoms with van der Waals surface area (Å²) in [6, 6.07) is 28.4. The second-order valence-corrected chi connectivity index (χ2v) is 9.93. The zero-order chi connectivity index (χ0) is 20.4. The van der Waals surface area contributed by atoms with Crippen LogP contribution in [0.5, 0.6) is 0 Å². The van der Waals surface area contributed by atoms with E-state index in [0.717, 1.165) is 0 Å². The Labute approximate surface area is 167 Å². The molecule has 0 aromatic heterocycles. The largest absolute Gasteiger partial charge is 0.741 e. The molecule has 1 heterocycles. The number of alkyl halides is 3. The Bertz CT molecular complexity index is 1020. The fourth-order valence-corrected chi connectivity index (χ4v) is 6.21. The first-order valence-electron chi connectivity index (χ1n) is 7.86. The van der Waals surface area contributed by atoms with E-state index in [1.54, 1.807) is 0 Å². The van der Waals surface area contributed by atoms with Crippen molar-refractivity contribution in [1.29, 1.82) is 0 Å². The highest BCUT2D eigenvalue weighted by molar-refractivity contribution is 8.04. The van der Waals surface area contributed by atoms with Crippen LogP contribution in [0.3, 0.4) is 0 Å². The van der Waals surface area contributed by atoms with E-state index >= 15 is 0 Å². The average Bonchev–Trinajstić information content (AvgIpc) is 2.65. The lowest BCUT2D eigenvalue weighted by Crippen LogP contribution is -2.21. The van der Waals surface area contributed by atoms with Gasteiger partial charge < -0.3 is 4.55 Å². The van der Waals surface area contributed by atoms with E-state index < -0.39 is 15.6 Å². The molecule has 0 aliphatic carbocycles. The van der Waals surface area contributed by atoms with Crippen LogP contribution in [0.4, 0.5) is 13.2 Å². The molecule has 0 saturated heterocycles. The Balaban J connectivity index is 0.000000242. The first-order chi connectivity index (χ1) is 13.2. The van der Waals surface area contributed by atoms with E-state index in [9.17, 15) is 13.2 Å².